The Hall–Kier alpha value is -1.00. The Kier molecular flexibility index (Phi) is 3.08. The van der Waals surface area contributed by atoms with Crippen molar-refractivity contribution < 1.29 is 13.5 Å². The molecule has 2 nitrogen and oxygen atoms in total. The van der Waals surface area contributed by atoms with E-state index in [1.807, 2.05) is 35.2 Å². The van der Waals surface area contributed by atoms with Gasteiger partial charge < -0.3 is 4.74 Å². The number of morpholine rings is 1. The van der Waals surface area contributed by atoms with E-state index in [1.54, 1.807) is 0 Å². The lowest BCUT2D eigenvalue weighted by molar-refractivity contribution is -0.136. The highest BCUT2D eigenvalue weighted by atomic mass is 19.3. The molecule has 0 unspecified atom stereocenters. The van der Waals surface area contributed by atoms with E-state index in [4.69, 9.17) is 4.74 Å². The number of ether oxygens (including phenoxy) is 1. The number of nitrogens with zero attached hydrogens (tertiary/aromatic N) is 1. The summed E-state index contributed by atoms with van der Waals surface area (Å²) < 4.78 is 33.3. The molecule has 0 amide bonds. The summed E-state index contributed by atoms with van der Waals surface area (Å²) in [7, 11) is 0. The third kappa shape index (κ3) is 2.15. The lowest BCUT2D eigenvalue weighted by atomic mass is 10.1. The molecule has 0 radical (unpaired) electrons. The van der Waals surface area contributed by atoms with Crippen LogP contribution in [-0.2, 0) is 11.3 Å². The fourth-order valence-electron chi connectivity index (χ4n) is 3.04. The average Bonchev–Trinajstić information content (AvgIpc) is 2.68. The fraction of sp³-hybridized carbons (Fsp3) is 0.571. The summed E-state index contributed by atoms with van der Waals surface area (Å²) in [6.45, 7) is 1.73. The Labute approximate surface area is 106 Å². The lowest BCUT2D eigenvalue weighted by Gasteiger charge is -2.39. The standard InChI is InChI=1S/C14H17F2NO/c15-14(16)7-6-12-13(14)17(8-9-18-12)10-11-4-2-1-3-5-11/h1-5,12-13H,6-10H2/t12-,13+/m0/s1. The van der Waals surface area contributed by atoms with Gasteiger partial charge in [0.25, 0.3) is 5.92 Å². The Balaban J connectivity index is 1.78. The van der Waals surface area contributed by atoms with Crippen LogP contribution in [-0.4, -0.2) is 36.1 Å². The molecular weight excluding hydrogens is 236 g/mol. The van der Waals surface area contributed by atoms with Crippen LogP contribution >= 0.6 is 0 Å². The molecule has 1 aliphatic carbocycles. The number of benzene rings is 1. The van der Waals surface area contributed by atoms with Crippen molar-refractivity contribution in [1.82, 2.24) is 4.90 Å². The van der Waals surface area contributed by atoms with E-state index in [1.165, 1.54) is 0 Å². The van der Waals surface area contributed by atoms with Crippen molar-refractivity contribution in [3.8, 4) is 0 Å². The van der Waals surface area contributed by atoms with Crippen LogP contribution in [0.3, 0.4) is 0 Å². The molecule has 1 aromatic rings. The van der Waals surface area contributed by atoms with E-state index in [-0.39, 0.29) is 12.5 Å². The summed E-state index contributed by atoms with van der Waals surface area (Å²) in [5.41, 5.74) is 1.08. The minimum absolute atomic E-state index is 0.0480. The molecule has 0 bridgehead atoms. The SMILES string of the molecule is FC1(F)CC[C@@H]2OCCN(Cc3ccccc3)[C@H]21. The predicted molar refractivity (Wildman–Crippen MR) is 64.6 cm³/mol. The van der Waals surface area contributed by atoms with Crippen molar-refractivity contribution in [2.45, 2.75) is 37.5 Å². The van der Waals surface area contributed by atoms with Crippen molar-refractivity contribution in [3.63, 3.8) is 0 Å². The Morgan fingerprint density at radius 1 is 1.28 bits per heavy atom. The second-order valence-corrected chi connectivity index (χ2v) is 5.11. The van der Waals surface area contributed by atoms with E-state index in [0.717, 1.165) is 5.56 Å². The van der Waals surface area contributed by atoms with Gasteiger partial charge in [0.1, 0.15) is 6.04 Å². The van der Waals surface area contributed by atoms with Crippen LogP contribution in [0.4, 0.5) is 8.78 Å². The number of rotatable bonds is 2. The van der Waals surface area contributed by atoms with E-state index >= 15 is 0 Å². The van der Waals surface area contributed by atoms with Gasteiger partial charge in [0.05, 0.1) is 12.7 Å². The quantitative estimate of drug-likeness (QED) is 0.803. The van der Waals surface area contributed by atoms with Crippen molar-refractivity contribution in [1.29, 1.82) is 0 Å². The highest BCUT2D eigenvalue weighted by Gasteiger charge is 2.54. The summed E-state index contributed by atoms with van der Waals surface area (Å²) in [5.74, 6) is -2.61. The highest BCUT2D eigenvalue weighted by molar-refractivity contribution is 5.15. The first-order valence-electron chi connectivity index (χ1n) is 6.44. The molecule has 1 saturated heterocycles. The van der Waals surface area contributed by atoms with Gasteiger partial charge in [-0.05, 0) is 12.0 Å². The minimum atomic E-state index is -2.61. The number of hydrogen-bond acceptors (Lipinski definition) is 2. The maximum Gasteiger partial charge on any atom is 0.265 e. The van der Waals surface area contributed by atoms with Crippen molar-refractivity contribution in [2.24, 2.45) is 0 Å². The largest absolute Gasteiger partial charge is 0.375 e. The fourth-order valence-corrected chi connectivity index (χ4v) is 3.04. The minimum Gasteiger partial charge on any atom is -0.375 e. The van der Waals surface area contributed by atoms with Gasteiger partial charge in [0, 0.05) is 19.5 Å². The normalized spacial score (nSPS) is 31.2. The molecule has 2 aliphatic rings. The second-order valence-electron chi connectivity index (χ2n) is 5.11. The van der Waals surface area contributed by atoms with Crippen LogP contribution in [0.1, 0.15) is 18.4 Å². The van der Waals surface area contributed by atoms with Gasteiger partial charge in [-0.25, -0.2) is 8.78 Å². The summed E-state index contributed by atoms with van der Waals surface area (Å²) >= 11 is 0. The summed E-state index contributed by atoms with van der Waals surface area (Å²) in [6.07, 6.45) is 0.133. The van der Waals surface area contributed by atoms with E-state index in [2.05, 4.69) is 0 Å². The van der Waals surface area contributed by atoms with Crippen LogP contribution < -0.4 is 0 Å². The van der Waals surface area contributed by atoms with Crippen LogP contribution in [0.2, 0.25) is 0 Å². The smallest absolute Gasteiger partial charge is 0.265 e. The van der Waals surface area contributed by atoms with Gasteiger partial charge in [-0.3, -0.25) is 4.90 Å². The number of halogens is 2. The van der Waals surface area contributed by atoms with E-state index < -0.39 is 12.0 Å². The van der Waals surface area contributed by atoms with Crippen molar-refractivity contribution in [2.75, 3.05) is 13.2 Å². The molecule has 0 N–H and O–H groups in total. The van der Waals surface area contributed by atoms with Crippen molar-refractivity contribution >= 4 is 0 Å². The number of hydrogen-bond donors (Lipinski definition) is 0. The third-order valence-corrected chi connectivity index (χ3v) is 3.88. The molecule has 4 heteroatoms. The molecule has 2 atom stereocenters. The zero-order valence-corrected chi connectivity index (χ0v) is 10.2. The van der Waals surface area contributed by atoms with Gasteiger partial charge in [-0.2, -0.15) is 0 Å². The molecule has 0 spiro atoms. The molecule has 0 aromatic heterocycles. The predicted octanol–water partition coefficient (Wildman–Crippen LogP) is 2.69. The maximum atomic E-state index is 13.9. The molecule has 18 heavy (non-hydrogen) atoms. The number of fused-ring (bicyclic) bond motifs is 1. The highest BCUT2D eigenvalue weighted by Crippen LogP contribution is 2.42. The molecule has 3 rings (SSSR count). The second kappa shape index (κ2) is 4.59. The van der Waals surface area contributed by atoms with Gasteiger partial charge in [0.2, 0.25) is 0 Å². The Morgan fingerprint density at radius 3 is 2.83 bits per heavy atom. The lowest BCUT2D eigenvalue weighted by Crippen LogP contribution is -2.54. The zero-order valence-electron chi connectivity index (χ0n) is 10.2. The maximum absolute atomic E-state index is 13.9. The molecule has 1 saturated carbocycles. The van der Waals surface area contributed by atoms with Gasteiger partial charge in [0.15, 0.2) is 0 Å². The molecule has 1 aromatic carbocycles. The van der Waals surface area contributed by atoms with Crippen LogP contribution in [0, 0.1) is 0 Å². The molecule has 1 heterocycles. The molecule has 98 valence electrons. The molecule has 2 fully saturated rings. The van der Waals surface area contributed by atoms with Gasteiger partial charge >= 0.3 is 0 Å². The van der Waals surface area contributed by atoms with Crippen LogP contribution in [0.25, 0.3) is 0 Å². The van der Waals surface area contributed by atoms with Crippen molar-refractivity contribution in [3.05, 3.63) is 35.9 Å². The molecular formula is C14H17F2NO. The Bertz CT molecular complexity index is 410. The number of alkyl halides is 2. The first-order valence-corrected chi connectivity index (χ1v) is 6.44. The monoisotopic (exact) mass is 253 g/mol. The van der Waals surface area contributed by atoms with E-state index in [0.29, 0.717) is 26.1 Å². The van der Waals surface area contributed by atoms with Gasteiger partial charge in [-0.1, -0.05) is 30.3 Å². The summed E-state index contributed by atoms with van der Waals surface area (Å²) in [5, 5.41) is 0. The summed E-state index contributed by atoms with van der Waals surface area (Å²) in [4.78, 5) is 1.89. The third-order valence-electron chi connectivity index (χ3n) is 3.88. The molecule has 1 aliphatic heterocycles. The van der Waals surface area contributed by atoms with Crippen LogP contribution in [0.5, 0.6) is 0 Å². The first kappa shape index (κ1) is 12.1. The average molecular weight is 253 g/mol. The van der Waals surface area contributed by atoms with Gasteiger partial charge in [-0.15, -0.1) is 0 Å². The van der Waals surface area contributed by atoms with Crippen LogP contribution in [0.15, 0.2) is 30.3 Å². The summed E-state index contributed by atoms with van der Waals surface area (Å²) in [6, 6.07) is 9.05. The zero-order chi connectivity index (χ0) is 12.6. The Morgan fingerprint density at radius 2 is 2.06 bits per heavy atom. The topological polar surface area (TPSA) is 12.5 Å². The first-order chi connectivity index (χ1) is 8.67. The van der Waals surface area contributed by atoms with E-state index in [9.17, 15) is 8.78 Å².